The second-order valence-electron chi connectivity index (χ2n) is 7.27. The molecule has 0 radical (unpaired) electrons. The number of nitrogens with one attached hydrogen (secondary N) is 1. The number of likely N-dealkylation sites (tertiary alicyclic amines) is 1. The number of aromatic nitrogens is 1. The van der Waals surface area contributed by atoms with Gasteiger partial charge in [0, 0.05) is 31.9 Å². The summed E-state index contributed by atoms with van der Waals surface area (Å²) in [4.78, 5) is 44.2. The monoisotopic (exact) mass is 379 g/mol. The number of carbonyl (C=O) groups excluding carboxylic acids is 3. The topological polar surface area (TPSA) is 88.6 Å². The lowest BCUT2D eigenvalue weighted by molar-refractivity contribution is -0.153. The maximum Gasteiger partial charge on any atom is 0.327 e. The van der Waals surface area contributed by atoms with Crippen molar-refractivity contribution in [2.75, 3.05) is 14.2 Å². The van der Waals surface area contributed by atoms with Gasteiger partial charge in [-0.1, -0.05) is 30.3 Å². The fraction of sp³-hybridized carbons (Fsp3) is 0.333. The van der Waals surface area contributed by atoms with E-state index in [2.05, 4.69) is 10.3 Å². The SMILES string of the molecule is COC(=O)[C@]1(Cc2ccccc2)N[C@H](c2ccncc2)[C@@H]2C(=O)N(C)C(=O)[C@@H]21. The average Bonchev–Trinajstić information content (AvgIpc) is 3.19. The second kappa shape index (κ2) is 6.83. The smallest absolute Gasteiger partial charge is 0.327 e. The molecule has 0 saturated carbocycles. The highest BCUT2D eigenvalue weighted by atomic mass is 16.5. The molecule has 2 fully saturated rings. The van der Waals surface area contributed by atoms with Crippen molar-refractivity contribution in [3.8, 4) is 0 Å². The second-order valence-corrected chi connectivity index (χ2v) is 7.27. The molecule has 2 amide bonds. The third-order valence-electron chi connectivity index (χ3n) is 5.82. The van der Waals surface area contributed by atoms with Crippen LogP contribution in [0.1, 0.15) is 17.2 Å². The normalized spacial score (nSPS) is 29.1. The van der Waals surface area contributed by atoms with Gasteiger partial charge in [0.05, 0.1) is 18.9 Å². The van der Waals surface area contributed by atoms with Crippen molar-refractivity contribution in [1.29, 1.82) is 0 Å². The van der Waals surface area contributed by atoms with Gasteiger partial charge in [0.1, 0.15) is 5.54 Å². The molecule has 3 heterocycles. The summed E-state index contributed by atoms with van der Waals surface area (Å²) in [6.07, 6.45) is 3.51. The number of ether oxygens (including phenoxy) is 1. The standard InChI is InChI=1S/C21H21N3O4/c1-24-18(25)15-16(19(24)26)21(20(27)28-2,12-13-6-4-3-5-7-13)23-17(15)14-8-10-22-11-9-14/h3-11,15-17,23H,12H2,1-2H3/t15-,16-,17-,21-/m1/s1. The molecule has 2 saturated heterocycles. The molecule has 4 rings (SSSR count). The predicted octanol–water partition coefficient (Wildman–Crippen LogP) is 1.11. The molecule has 7 nitrogen and oxygen atoms in total. The average molecular weight is 379 g/mol. The molecule has 0 aliphatic carbocycles. The molecule has 4 atom stereocenters. The zero-order valence-corrected chi connectivity index (χ0v) is 15.7. The Bertz CT molecular complexity index is 918. The minimum absolute atomic E-state index is 0.246. The van der Waals surface area contributed by atoms with Crippen molar-refractivity contribution < 1.29 is 19.1 Å². The number of benzene rings is 1. The van der Waals surface area contributed by atoms with Crippen molar-refractivity contribution in [2.45, 2.75) is 18.0 Å². The van der Waals surface area contributed by atoms with Gasteiger partial charge in [-0.2, -0.15) is 0 Å². The molecule has 1 aromatic heterocycles. The van der Waals surface area contributed by atoms with Crippen LogP contribution in [-0.2, 0) is 25.5 Å². The molecule has 0 spiro atoms. The summed E-state index contributed by atoms with van der Waals surface area (Å²) < 4.78 is 5.13. The van der Waals surface area contributed by atoms with E-state index in [9.17, 15) is 14.4 Å². The van der Waals surface area contributed by atoms with Gasteiger partial charge in [-0.25, -0.2) is 0 Å². The minimum atomic E-state index is -1.33. The number of imide groups is 1. The fourth-order valence-electron chi connectivity index (χ4n) is 4.53. The Kier molecular flexibility index (Phi) is 4.47. The van der Waals surface area contributed by atoms with Crippen LogP contribution in [0, 0.1) is 11.8 Å². The van der Waals surface area contributed by atoms with E-state index in [0.29, 0.717) is 0 Å². The number of methoxy groups -OCH3 is 1. The predicted molar refractivity (Wildman–Crippen MR) is 99.8 cm³/mol. The lowest BCUT2D eigenvalue weighted by Crippen LogP contribution is -2.57. The number of pyridine rings is 1. The van der Waals surface area contributed by atoms with E-state index in [1.54, 1.807) is 24.5 Å². The Labute approximate surface area is 162 Å². The molecule has 7 heteroatoms. The number of hydrogen-bond acceptors (Lipinski definition) is 6. The van der Waals surface area contributed by atoms with Crippen molar-refractivity contribution >= 4 is 17.8 Å². The summed E-state index contributed by atoms with van der Waals surface area (Å²) in [7, 11) is 2.77. The molecule has 144 valence electrons. The summed E-state index contributed by atoms with van der Waals surface area (Å²) >= 11 is 0. The first-order chi connectivity index (χ1) is 13.5. The van der Waals surface area contributed by atoms with Crippen molar-refractivity contribution in [2.24, 2.45) is 11.8 Å². The maximum absolute atomic E-state index is 13.0. The van der Waals surface area contributed by atoms with E-state index in [1.165, 1.54) is 14.2 Å². The molecule has 0 bridgehead atoms. The highest BCUT2D eigenvalue weighted by Crippen LogP contribution is 2.49. The summed E-state index contributed by atoms with van der Waals surface area (Å²) in [5.41, 5.74) is 0.358. The molecule has 2 aliphatic rings. The molecular weight excluding hydrogens is 358 g/mol. The van der Waals surface area contributed by atoms with Gasteiger partial charge < -0.3 is 4.74 Å². The Morgan fingerprint density at radius 3 is 2.46 bits per heavy atom. The van der Waals surface area contributed by atoms with Gasteiger partial charge in [0.25, 0.3) is 0 Å². The molecule has 28 heavy (non-hydrogen) atoms. The lowest BCUT2D eigenvalue weighted by Gasteiger charge is -2.32. The zero-order chi connectivity index (χ0) is 19.9. The van der Waals surface area contributed by atoms with Crippen LogP contribution >= 0.6 is 0 Å². The molecule has 1 aromatic carbocycles. The van der Waals surface area contributed by atoms with Crippen LogP contribution in [0.4, 0.5) is 0 Å². The summed E-state index contributed by atoms with van der Waals surface area (Å²) in [6, 6.07) is 12.5. The van der Waals surface area contributed by atoms with E-state index in [1.807, 2.05) is 30.3 Å². The van der Waals surface area contributed by atoms with Crippen LogP contribution in [0.15, 0.2) is 54.9 Å². The largest absolute Gasteiger partial charge is 0.468 e. The number of esters is 1. The van der Waals surface area contributed by atoms with Crippen LogP contribution < -0.4 is 5.32 Å². The highest BCUT2D eigenvalue weighted by Gasteiger charge is 2.68. The van der Waals surface area contributed by atoms with E-state index in [-0.39, 0.29) is 18.2 Å². The van der Waals surface area contributed by atoms with Crippen molar-refractivity contribution in [3.05, 3.63) is 66.0 Å². The maximum atomic E-state index is 13.0. The van der Waals surface area contributed by atoms with Crippen LogP contribution in [0.3, 0.4) is 0 Å². The van der Waals surface area contributed by atoms with Gasteiger partial charge >= 0.3 is 5.97 Å². The molecule has 2 aromatic rings. The van der Waals surface area contributed by atoms with Crippen LogP contribution in [0.5, 0.6) is 0 Å². The summed E-state index contributed by atoms with van der Waals surface area (Å²) in [5.74, 6) is -2.71. The summed E-state index contributed by atoms with van der Waals surface area (Å²) in [5, 5.41) is 3.33. The van der Waals surface area contributed by atoms with E-state index in [0.717, 1.165) is 16.0 Å². The number of carbonyl (C=O) groups is 3. The molecule has 0 unspecified atom stereocenters. The third-order valence-corrected chi connectivity index (χ3v) is 5.82. The van der Waals surface area contributed by atoms with Crippen LogP contribution in [0.2, 0.25) is 0 Å². The lowest BCUT2D eigenvalue weighted by atomic mass is 9.76. The summed E-state index contributed by atoms with van der Waals surface area (Å²) in [6.45, 7) is 0. The van der Waals surface area contributed by atoms with Crippen molar-refractivity contribution in [1.82, 2.24) is 15.2 Å². The third kappa shape index (κ3) is 2.62. The van der Waals surface area contributed by atoms with Crippen LogP contribution in [-0.4, -0.2) is 47.4 Å². The Morgan fingerprint density at radius 1 is 1.14 bits per heavy atom. The van der Waals surface area contributed by atoms with Gasteiger partial charge in [-0.05, 0) is 23.3 Å². The quantitative estimate of drug-likeness (QED) is 0.632. The Morgan fingerprint density at radius 2 is 1.82 bits per heavy atom. The molecule has 1 N–H and O–H groups in total. The first kappa shape index (κ1) is 18.3. The van der Waals surface area contributed by atoms with Gasteiger partial charge in [0.2, 0.25) is 11.8 Å². The van der Waals surface area contributed by atoms with E-state index in [4.69, 9.17) is 4.74 Å². The van der Waals surface area contributed by atoms with E-state index >= 15 is 0 Å². The Hall–Kier alpha value is -3.06. The first-order valence-electron chi connectivity index (χ1n) is 9.11. The van der Waals surface area contributed by atoms with Gasteiger partial charge in [-0.3, -0.25) is 29.6 Å². The number of nitrogens with zero attached hydrogens (tertiary/aromatic N) is 2. The zero-order valence-electron chi connectivity index (χ0n) is 15.7. The van der Waals surface area contributed by atoms with Gasteiger partial charge in [-0.15, -0.1) is 0 Å². The first-order valence-corrected chi connectivity index (χ1v) is 9.11. The Balaban J connectivity index is 1.86. The number of rotatable bonds is 4. The van der Waals surface area contributed by atoms with Gasteiger partial charge in [0.15, 0.2) is 0 Å². The van der Waals surface area contributed by atoms with Crippen molar-refractivity contribution in [3.63, 3.8) is 0 Å². The number of amides is 2. The fourth-order valence-corrected chi connectivity index (χ4v) is 4.53. The number of hydrogen-bond donors (Lipinski definition) is 1. The number of fused-ring (bicyclic) bond motifs is 1. The highest BCUT2D eigenvalue weighted by molar-refractivity contribution is 6.09. The molecule has 2 aliphatic heterocycles. The van der Waals surface area contributed by atoms with Crippen LogP contribution in [0.25, 0.3) is 0 Å². The minimum Gasteiger partial charge on any atom is -0.468 e. The van der Waals surface area contributed by atoms with E-state index < -0.39 is 29.4 Å². The molecular formula is C21H21N3O4.